The fourth-order valence-corrected chi connectivity index (χ4v) is 11.0. The van der Waals surface area contributed by atoms with E-state index in [4.69, 9.17) is 4.74 Å². The molecule has 7 rings (SSSR count). The first-order valence-electron chi connectivity index (χ1n) is 17.7. The van der Waals surface area contributed by atoms with Crippen LogP contribution in [0.15, 0.2) is 75.8 Å². The number of ketones is 1. The predicted molar refractivity (Wildman–Crippen MR) is 190 cm³/mol. The van der Waals surface area contributed by atoms with Crippen LogP contribution in [0.2, 0.25) is 0 Å². The van der Waals surface area contributed by atoms with Gasteiger partial charge in [-0.15, -0.1) is 11.3 Å². The van der Waals surface area contributed by atoms with Gasteiger partial charge in [0.05, 0.1) is 23.4 Å². The molecule has 7 nitrogen and oxygen atoms in total. The zero-order valence-corrected chi connectivity index (χ0v) is 30.6. The van der Waals surface area contributed by atoms with E-state index in [1.165, 1.54) is 16.4 Å². The number of aliphatic hydroxyl groups excluding tert-OH is 1. The number of hydrogen-bond acceptors (Lipinski definition) is 7. The molecule has 12 heteroatoms. The van der Waals surface area contributed by atoms with Gasteiger partial charge in [-0.05, 0) is 111 Å². The van der Waals surface area contributed by atoms with Gasteiger partial charge in [-0.2, -0.15) is 17.5 Å². The zero-order chi connectivity index (χ0) is 36.6. The average molecular weight is 746 g/mol. The van der Waals surface area contributed by atoms with Crippen LogP contribution in [-0.4, -0.2) is 66.2 Å². The Labute approximate surface area is 302 Å². The first-order valence-corrected chi connectivity index (χ1v) is 20.0. The van der Waals surface area contributed by atoms with Crippen molar-refractivity contribution in [3.05, 3.63) is 99.4 Å². The maximum atomic E-state index is 14.3. The third-order valence-corrected chi connectivity index (χ3v) is 14.5. The summed E-state index contributed by atoms with van der Waals surface area (Å²) < 4.78 is 76.9. The molecule has 1 aromatic heterocycles. The van der Waals surface area contributed by atoms with E-state index in [2.05, 4.69) is 6.08 Å². The SMILES string of the molecule is CC1=CCC[C@@]2(C)[C@@H](CC[C@@]2(O)CN(C[C@H]2CCCO2)S(=O)(=O)c2cccs2)c2ccc(cc2C(=O)c2cccc(C(F)(F)F)c2)C[C@@H](O)CC1. The highest BCUT2D eigenvalue weighted by atomic mass is 32.2. The molecule has 2 fully saturated rings. The summed E-state index contributed by atoms with van der Waals surface area (Å²) in [4.78, 5) is 14.3. The van der Waals surface area contributed by atoms with Gasteiger partial charge in [0.15, 0.2) is 5.78 Å². The van der Waals surface area contributed by atoms with Crippen LogP contribution < -0.4 is 0 Å². The maximum Gasteiger partial charge on any atom is 0.416 e. The van der Waals surface area contributed by atoms with Crippen molar-refractivity contribution in [3.8, 4) is 0 Å². The molecule has 2 bridgehead atoms. The number of alkyl halides is 3. The van der Waals surface area contributed by atoms with E-state index in [1.807, 2.05) is 26.0 Å². The largest absolute Gasteiger partial charge is 0.416 e. The Hall–Kier alpha value is -2.87. The van der Waals surface area contributed by atoms with Gasteiger partial charge < -0.3 is 14.9 Å². The highest BCUT2D eigenvalue weighted by molar-refractivity contribution is 7.91. The van der Waals surface area contributed by atoms with Crippen LogP contribution in [0.4, 0.5) is 13.2 Å². The van der Waals surface area contributed by atoms with E-state index >= 15 is 0 Å². The molecular weight excluding hydrogens is 700 g/mol. The fraction of sp³-hybridized carbons (Fsp3) is 0.513. The van der Waals surface area contributed by atoms with Crippen molar-refractivity contribution >= 4 is 27.1 Å². The quantitative estimate of drug-likeness (QED) is 0.180. The first-order chi connectivity index (χ1) is 24.1. The third-order valence-electron chi connectivity index (χ3n) is 11.3. The maximum absolute atomic E-state index is 14.3. The van der Waals surface area contributed by atoms with Crippen LogP contribution in [0.1, 0.15) is 104 Å². The molecule has 0 amide bonds. The van der Waals surface area contributed by atoms with Gasteiger partial charge in [0, 0.05) is 36.2 Å². The van der Waals surface area contributed by atoms with Gasteiger partial charge in [-0.3, -0.25) is 4.79 Å². The molecular formula is C39H46F3NO6S2. The fourth-order valence-electron chi connectivity index (χ4n) is 8.28. The van der Waals surface area contributed by atoms with E-state index in [0.717, 1.165) is 35.5 Å². The highest BCUT2D eigenvalue weighted by Crippen LogP contribution is 2.59. The summed E-state index contributed by atoms with van der Waals surface area (Å²) in [6, 6.07) is 13.0. The lowest BCUT2D eigenvalue weighted by atomic mass is 9.64. The van der Waals surface area contributed by atoms with Gasteiger partial charge in [0.2, 0.25) is 0 Å². The molecule has 1 saturated carbocycles. The summed E-state index contributed by atoms with van der Waals surface area (Å²) in [5.41, 5.74) is -0.901. The van der Waals surface area contributed by atoms with Crippen molar-refractivity contribution in [2.45, 2.75) is 106 Å². The second-order valence-corrected chi connectivity index (χ2v) is 17.8. The number of fused-ring (bicyclic) bond motifs is 8. The number of hydrogen-bond donors (Lipinski definition) is 2. The number of nitrogens with zero attached hydrogens (tertiary/aromatic N) is 1. The summed E-state index contributed by atoms with van der Waals surface area (Å²) in [5.74, 6) is -1.01. The Bertz CT molecular complexity index is 1850. The molecule has 4 aliphatic rings. The minimum Gasteiger partial charge on any atom is -0.393 e. The van der Waals surface area contributed by atoms with Crippen molar-refractivity contribution in [3.63, 3.8) is 0 Å². The normalized spacial score (nSPS) is 27.7. The molecule has 0 spiro atoms. The number of carbonyl (C=O) groups is 1. The molecule has 0 radical (unpaired) electrons. The summed E-state index contributed by atoms with van der Waals surface area (Å²) in [6.07, 6.45) is 1.11. The van der Waals surface area contributed by atoms with E-state index in [-0.39, 0.29) is 47.4 Å². The monoisotopic (exact) mass is 745 g/mol. The molecule has 276 valence electrons. The molecule has 2 heterocycles. The predicted octanol–water partition coefficient (Wildman–Crippen LogP) is 7.91. The van der Waals surface area contributed by atoms with E-state index in [0.29, 0.717) is 56.3 Å². The molecule has 1 aliphatic heterocycles. The van der Waals surface area contributed by atoms with Crippen LogP contribution >= 0.6 is 11.3 Å². The Morgan fingerprint density at radius 2 is 1.88 bits per heavy atom. The van der Waals surface area contributed by atoms with Crippen molar-refractivity contribution < 1.29 is 41.3 Å². The lowest BCUT2D eigenvalue weighted by Crippen LogP contribution is -2.54. The second kappa shape index (κ2) is 14.9. The minimum atomic E-state index is -4.64. The number of halogens is 3. The van der Waals surface area contributed by atoms with Crippen molar-refractivity contribution in [2.75, 3.05) is 19.7 Å². The molecule has 2 aromatic carbocycles. The average Bonchev–Trinajstić information content (AvgIpc) is 3.86. The van der Waals surface area contributed by atoms with Crippen molar-refractivity contribution in [1.29, 1.82) is 0 Å². The van der Waals surface area contributed by atoms with Crippen molar-refractivity contribution in [1.82, 2.24) is 4.31 Å². The molecule has 5 atom stereocenters. The molecule has 51 heavy (non-hydrogen) atoms. The van der Waals surface area contributed by atoms with Crippen molar-refractivity contribution in [2.24, 2.45) is 5.41 Å². The van der Waals surface area contributed by atoms with Crippen LogP contribution in [0.25, 0.3) is 0 Å². The number of sulfonamides is 1. The van der Waals surface area contributed by atoms with Crippen LogP contribution in [0.3, 0.4) is 0 Å². The standard InChI is InChI=1S/C39H46F3NO6S2/c1-26-7-4-17-37(2)34(16-18-38(37,46)25-43(24-31-10-5-19-49-31)51(47,48)35-11-6-20-50-35)32-15-13-27(21-30(44)14-12-26)22-33(32)36(45)28-8-3-9-29(23-28)39(40,41)42/h3,6-9,11,13,15,20,22-23,30-31,34,44,46H,4-5,10,12,14,16-19,21,24-25H2,1-2H3/t30-,31+,34-,37-,38+/m0/s1. The second-order valence-electron chi connectivity index (χ2n) is 14.7. The van der Waals surface area contributed by atoms with Crippen LogP contribution in [0, 0.1) is 5.41 Å². The molecule has 3 aliphatic carbocycles. The van der Waals surface area contributed by atoms with Gasteiger partial charge in [-0.1, -0.05) is 48.9 Å². The number of aliphatic hydroxyl groups is 2. The number of carbonyl (C=O) groups excluding carboxylic acids is 1. The van der Waals surface area contributed by atoms with Gasteiger partial charge in [-0.25, -0.2) is 8.42 Å². The van der Waals surface area contributed by atoms with E-state index < -0.39 is 50.6 Å². The number of ether oxygens (including phenoxy) is 1. The summed E-state index contributed by atoms with van der Waals surface area (Å²) in [5, 5.41) is 25.5. The Morgan fingerprint density at radius 1 is 1.08 bits per heavy atom. The topological polar surface area (TPSA) is 104 Å². The van der Waals surface area contributed by atoms with Crippen LogP contribution in [0.5, 0.6) is 0 Å². The molecule has 0 unspecified atom stereocenters. The first kappa shape index (κ1) is 37.9. The zero-order valence-electron chi connectivity index (χ0n) is 29.0. The van der Waals surface area contributed by atoms with E-state index in [9.17, 15) is 36.6 Å². The smallest absolute Gasteiger partial charge is 0.393 e. The lowest BCUT2D eigenvalue weighted by Gasteiger charge is -2.46. The molecule has 2 N–H and O–H groups in total. The van der Waals surface area contributed by atoms with Gasteiger partial charge >= 0.3 is 6.18 Å². The number of rotatable bonds is 8. The van der Waals surface area contributed by atoms with Gasteiger partial charge in [0.1, 0.15) is 4.21 Å². The summed E-state index contributed by atoms with van der Waals surface area (Å²) in [6.45, 7) is 4.43. The summed E-state index contributed by atoms with van der Waals surface area (Å²) in [7, 11) is -3.99. The number of allylic oxidation sites excluding steroid dienone is 2. The molecule has 3 aromatic rings. The Balaban J connectivity index is 1.45. The van der Waals surface area contributed by atoms with E-state index in [1.54, 1.807) is 23.6 Å². The number of benzene rings is 2. The molecule has 1 saturated heterocycles. The third kappa shape index (κ3) is 7.91. The minimum absolute atomic E-state index is 0.0958. The lowest BCUT2D eigenvalue weighted by molar-refractivity contribution is -0.137. The van der Waals surface area contributed by atoms with Gasteiger partial charge in [0.25, 0.3) is 10.0 Å². The number of thiophene rings is 1. The Morgan fingerprint density at radius 3 is 2.59 bits per heavy atom. The summed E-state index contributed by atoms with van der Waals surface area (Å²) >= 11 is 1.12. The van der Waals surface area contributed by atoms with Crippen LogP contribution in [-0.2, 0) is 27.4 Å². The Kier molecular flexibility index (Phi) is 11.0. The highest BCUT2D eigenvalue weighted by Gasteiger charge is 2.58.